The fraction of sp³-hybridized carbons (Fsp3) is 0.765. The molecule has 1 saturated heterocycles. The Morgan fingerprint density at radius 1 is 0.871 bits per heavy atom. The summed E-state index contributed by atoms with van der Waals surface area (Å²) in [6.07, 6.45) is -4.76. The molecule has 1 fully saturated rings. The molecule has 1 rings (SSSR count). The van der Waals surface area contributed by atoms with Gasteiger partial charge in [0.2, 0.25) is 0 Å². The SMILES string of the molecule is CC(=O)OC[C@H]1O[C@@H](SCCCS(=O)(=O)O)[C@H](OC(C)=O)[C@@H](OC(C)=O)[C@@H]1OC(C)=O. The highest BCUT2D eigenvalue weighted by Gasteiger charge is 2.52. The van der Waals surface area contributed by atoms with Crippen molar-refractivity contribution in [1.82, 2.24) is 0 Å². The molecule has 0 aliphatic carbocycles. The van der Waals surface area contributed by atoms with Crippen LogP contribution < -0.4 is 0 Å². The molecule has 0 amide bonds. The first kappa shape index (κ1) is 27.1. The van der Waals surface area contributed by atoms with Gasteiger partial charge in [-0.05, 0) is 12.2 Å². The average Bonchev–Trinajstić information content (AvgIpc) is 2.59. The second kappa shape index (κ2) is 12.2. The second-order valence-corrected chi connectivity index (χ2v) is 9.36. The van der Waals surface area contributed by atoms with E-state index in [9.17, 15) is 27.6 Å². The summed E-state index contributed by atoms with van der Waals surface area (Å²) in [5.74, 6) is -3.18. The zero-order valence-corrected chi connectivity index (χ0v) is 19.1. The van der Waals surface area contributed by atoms with Crippen LogP contribution in [-0.2, 0) is 53.0 Å². The molecule has 1 aliphatic heterocycles. The molecule has 1 N–H and O–H groups in total. The van der Waals surface area contributed by atoms with E-state index in [1.807, 2.05) is 0 Å². The molecule has 0 aromatic rings. The van der Waals surface area contributed by atoms with E-state index in [2.05, 4.69) is 0 Å². The van der Waals surface area contributed by atoms with Crippen molar-refractivity contribution in [3.63, 3.8) is 0 Å². The number of hydrogen-bond donors (Lipinski definition) is 1. The largest absolute Gasteiger partial charge is 0.463 e. The molecule has 178 valence electrons. The summed E-state index contributed by atoms with van der Waals surface area (Å²) in [4.78, 5) is 46.2. The number of ether oxygens (including phenoxy) is 5. The molecule has 0 radical (unpaired) electrons. The number of carbonyl (C=O) groups excluding carboxylic acids is 4. The van der Waals surface area contributed by atoms with Gasteiger partial charge in [0.1, 0.15) is 18.1 Å². The number of esters is 4. The van der Waals surface area contributed by atoms with E-state index in [1.54, 1.807) is 0 Å². The summed E-state index contributed by atoms with van der Waals surface area (Å²) >= 11 is 1.03. The Bertz CT molecular complexity index is 765. The molecule has 0 saturated carbocycles. The van der Waals surface area contributed by atoms with E-state index in [1.165, 1.54) is 0 Å². The van der Waals surface area contributed by atoms with Gasteiger partial charge in [-0.25, -0.2) is 0 Å². The van der Waals surface area contributed by atoms with Gasteiger partial charge in [-0.3, -0.25) is 23.7 Å². The van der Waals surface area contributed by atoms with Crippen LogP contribution in [0.3, 0.4) is 0 Å². The smallest absolute Gasteiger partial charge is 0.303 e. The van der Waals surface area contributed by atoms with Gasteiger partial charge in [0.15, 0.2) is 18.3 Å². The maximum atomic E-state index is 11.7. The summed E-state index contributed by atoms with van der Waals surface area (Å²) in [7, 11) is -4.16. The summed E-state index contributed by atoms with van der Waals surface area (Å²) < 4.78 is 57.2. The summed E-state index contributed by atoms with van der Waals surface area (Å²) in [6.45, 7) is 4.16. The highest BCUT2D eigenvalue weighted by atomic mass is 32.2. The first-order valence-corrected chi connectivity index (χ1v) is 11.8. The minimum Gasteiger partial charge on any atom is -0.463 e. The maximum Gasteiger partial charge on any atom is 0.303 e. The van der Waals surface area contributed by atoms with Gasteiger partial charge < -0.3 is 23.7 Å². The highest BCUT2D eigenvalue weighted by Crippen LogP contribution is 2.34. The third kappa shape index (κ3) is 10.3. The highest BCUT2D eigenvalue weighted by molar-refractivity contribution is 7.99. The van der Waals surface area contributed by atoms with Crippen molar-refractivity contribution >= 4 is 45.8 Å². The molecule has 1 heterocycles. The summed E-state index contributed by atoms with van der Waals surface area (Å²) in [5, 5.41) is 0. The second-order valence-electron chi connectivity index (χ2n) is 6.58. The Kier molecular flexibility index (Phi) is 10.7. The quantitative estimate of drug-likeness (QED) is 0.191. The van der Waals surface area contributed by atoms with Crippen LogP contribution in [0, 0.1) is 0 Å². The minimum absolute atomic E-state index is 0.0520. The molecule has 31 heavy (non-hydrogen) atoms. The first-order chi connectivity index (χ1) is 14.3. The van der Waals surface area contributed by atoms with Gasteiger partial charge in [-0.1, -0.05) is 0 Å². The van der Waals surface area contributed by atoms with E-state index in [4.69, 9.17) is 28.2 Å². The summed E-state index contributed by atoms with van der Waals surface area (Å²) in [5.41, 5.74) is -0.984. The van der Waals surface area contributed by atoms with Crippen LogP contribution >= 0.6 is 11.8 Å². The van der Waals surface area contributed by atoms with Gasteiger partial charge in [0, 0.05) is 27.7 Å². The molecule has 14 heteroatoms. The fourth-order valence-electron chi connectivity index (χ4n) is 2.76. The maximum absolute atomic E-state index is 11.7. The van der Waals surface area contributed by atoms with Crippen LogP contribution in [-0.4, -0.2) is 84.8 Å². The number of hydrogen-bond acceptors (Lipinski definition) is 12. The zero-order chi connectivity index (χ0) is 23.8. The van der Waals surface area contributed by atoms with Gasteiger partial charge in [0.05, 0.1) is 5.75 Å². The third-order valence-corrected chi connectivity index (χ3v) is 5.81. The topological polar surface area (TPSA) is 169 Å². The Morgan fingerprint density at radius 2 is 1.39 bits per heavy atom. The monoisotopic (exact) mass is 486 g/mol. The van der Waals surface area contributed by atoms with Gasteiger partial charge in [-0.2, -0.15) is 8.42 Å². The van der Waals surface area contributed by atoms with E-state index < -0.39 is 69.6 Å². The lowest BCUT2D eigenvalue weighted by atomic mass is 9.99. The van der Waals surface area contributed by atoms with Crippen molar-refractivity contribution in [3.05, 3.63) is 0 Å². The van der Waals surface area contributed by atoms with E-state index in [0.717, 1.165) is 39.5 Å². The molecule has 5 atom stereocenters. The van der Waals surface area contributed by atoms with E-state index in [0.29, 0.717) is 0 Å². The molecular formula is C17H26O12S2. The van der Waals surface area contributed by atoms with E-state index >= 15 is 0 Å². The van der Waals surface area contributed by atoms with Crippen molar-refractivity contribution in [1.29, 1.82) is 0 Å². The molecule has 1 aliphatic rings. The predicted molar refractivity (Wildman–Crippen MR) is 105 cm³/mol. The fourth-order valence-corrected chi connectivity index (χ4v) is 4.62. The Balaban J connectivity index is 3.18. The van der Waals surface area contributed by atoms with Crippen LogP contribution in [0.1, 0.15) is 34.1 Å². The molecule has 0 aromatic heterocycles. The predicted octanol–water partition coefficient (Wildman–Crippen LogP) is 0.0806. The van der Waals surface area contributed by atoms with Crippen molar-refractivity contribution in [3.8, 4) is 0 Å². The molecule has 12 nitrogen and oxygen atoms in total. The number of thioether (sulfide) groups is 1. The lowest BCUT2D eigenvalue weighted by molar-refractivity contribution is -0.237. The normalized spacial score (nSPS) is 25.9. The van der Waals surface area contributed by atoms with Crippen LogP contribution in [0.5, 0.6) is 0 Å². The van der Waals surface area contributed by atoms with E-state index in [-0.39, 0.29) is 18.8 Å². The molecule has 0 aromatic carbocycles. The lowest BCUT2D eigenvalue weighted by Crippen LogP contribution is -2.61. The lowest BCUT2D eigenvalue weighted by Gasteiger charge is -2.44. The minimum atomic E-state index is -4.16. The number of carbonyl (C=O) groups is 4. The van der Waals surface area contributed by atoms with Crippen LogP contribution in [0.4, 0.5) is 0 Å². The van der Waals surface area contributed by atoms with Crippen molar-refractivity contribution < 1.29 is 55.8 Å². The Hall–Kier alpha value is -1.90. The summed E-state index contributed by atoms with van der Waals surface area (Å²) in [6, 6.07) is 0. The van der Waals surface area contributed by atoms with Crippen LogP contribution in [0.25, 0.3) is 0 Å². The zero-order valence-electron chi connectivity index (χ0n) is 17.5. The third-order valence-electron chi connectivity index (χ3n) is 3.78. The van der Waals surface area contributed by atoms with Crippen LogP contribution in [0.15, 0.2) is 0 Å². The number of rotatable bonds is 10. The van der Waals surface area contributed by atoms with Crippen molar-refractivity contribution in [2.24, 2.45) is 0 Å². The Labute approximate surface area is 184 Å². The average molecular weight is 487 g/mol. The van der Waals surface area contributed by atoms with Crippen LogP contribution in [0.2, 0.25) is 0 Å². The van der Waals surface area contributed by atoms with Gasteiger partial charge in [-0.15, -0.1) is 11.8 Å². The van der Waals surface area contributed by atoms with Crippen molar-refractivity contribution in [2.45, 2.75) is 64.0 Å². The molecule has 0 spiro atoms. The Morgan fingerprint density at radius 3 is 1.87 bits per heavy atom. The standard InChI is InChI=1S/C17H26O12S2/c1-9(18)25-8-13-14(26-10(2)19)15(27-11(3)20)16(28-12(4)21)17(29-13)30-6-5-7-31(22,23)24/h13-17H,5-8H2,1-4H3,(H,22,23,24)/t13-,14-,15+,16-,17+/m1/s1. The van der Waals surface area contributed by atoms with Gasteiger partial charge >= 0.3 is 23.9 Å². The van der Waals surface area contributed by atoms with Crippen molar-refractivity contribution in [2.75, 3.05) is 18.1 Å². The molecular weight excluding hydrogens is 460 g/mol. The molecule has 0 unspecified atom stereocenters. The molecule has 0 bridgehead atoms. The first-order valence-electron chi connectivity index (χ1n) is 9.17. The van der Waals surface area contributed by atoms with Gasteiger partial charge in [0.25, 0.3) is 10.1 Å².